The molecule has 0 fully saturated rings. The molecule has 1 nitrogen and oxygen atoms in total. The summed E-state index contributed by atoms with van der Waals surface area (Å²) >= 11 is 0. The van der Waals surface area contributed by atoms with Gasteiger partial charge in [0.05, 0.1) is 12.5 Å². The van der Waals surface area contributed by atoms with Crippen LogP contribution >= 0.6 is 0 Å². The van der Waals surface area contributed by atoms with E-state index in [0.29, 0.717) is 0 Å². The van der Waals surface area contributed by atoms with Gasteiger partial charge in [-0.05, 0) is 12.2 Å². The van der Waals surface area contributed by atoms with Crippen LogP contribution in [0.3, 0.4) is 0 Å². The molecule has 0 rings (SSSR count). The molecule has 0 aliphatic rings. The fourth-order valence-electron chi connectivity index (χ4n) is 0.247. The predicted octanol–water partition coefficient (Wildman–Crippen LogP) is 2.40. The van der Waals surface area contributed by atoms with Crippen LogP contribution in [-0.2, 0) is 4.74 Å². The van der Waals surface area contributed by atoms with E-state index in [4.69, 9.17) is 4.74 Å². The number of hydrogen-bond donors (Lipinski definition) is 0. The highest BCUT2D eigenvalue weighted by molar-refractivity contribution is 4.96. The van der Waals surface area contributed by atoms with Crippen molar-refractivity contribution in [3.8, 4) is 0 Å². The van der Waals surface area contributed by atoms with E-state index in [2.05, 4.69) is 13.2 Å². The van der Waals surface area contributed by atoms with Crippen molar-refractivity contribution in [1.82, 2.24) is 0 Å². The summed E-state index contributed by atoms with van der Waals surface area (Å²) in [5.74, 6) is 0. The van der Waals surface area contributed by atoms with Gasteiger partial charge in [-0.3, -0.25) is 0 Å². The summed E-state index contributed by atoms with van der Waals surface area (Å²) in [5.41, 5.74) is 0. The molecule has 0 atom stereocenters. The summed E-state index contributed by atoms with van der Waals surface area (Å²) in [6.07, 6.45) is 9.75. The molecule has 0 aliphatic carbocycles. The van der Waals surface area contributed by atoms with Crippen molar-refractivity contribution in [2.24, 2.45) is 0 Å². The van der Waals surface area contributed by atoms with Crippen molar-refractivity contribution < 1.29 is 4.74 Å². The summed E-state index contributed by atoms with van der Waals surface area (Å²) in [6.45, 7) is 6.93. The van der Waals surface area contributed by atoms with E-state index in [1.165, 1.54) is 12.5 Å². The first-order chi connectivity index (χ1) is 4.41. The van der Waals surface area contributed by atoms with Gasteiger partial charge in [0.15, 0.2) is 0 Å². The first kappa shape index (κ1) is 7.76. The molecule has 0 unspecified atom stereocenters. The molecule has 0 spiro atoms. The number of ether oxygens (including phenoxy) is 1. The Kier molecular flexibility index (Phi) is 5.83. The van der Waals surface area contributed by atoms with Crippen LogP contribution in [0, 0.1) is 0 Å². The number of allylic oxidation sites excluding steroid dienone is 4. The zero-order chi connectivity index (χ0) is 6.95. The van der Waals surface area contributed by atoms with Crippen LogP contribution in [0.4, 0.5) is 0 Å². The summed E-state index contributed by atoms with van der Waals surface area (Å²) in [6, 6.07) is 0. The molecule has 0 bridgehead atoms. The normalized spacial score (nSPS) is 10.2. The van der Waals surface area contributed by atoms with Crippen LogP contribution in [0.5, 0.6) is 0 Å². The molecule has 0 heterocycles. The standard InChI is InChI=1S/C8H10O/c1-3-5-7-9-8-6-4-2/h3-8H,1-2H2/b7-5+,8-6+. The Morgan fingerprint density at radius 1 is 0.889 bits per heavy atom. The van der Waals surface area contributed by atoms with Gasteiger partial charge in [0.1, 0.15) is 0 Å². The van der Waals surface area contributed by atoms with Crippen LogP contribution in [0.25, 0.3) is 0 Å². The first-order valence-corrected chi connectivity index (χ1v) is 2.62. The summed E-state index contributed by atoms with van der Waals surface area (Å²) in [4.78, 5) is 0. The minimum Gasteiger partial charge on any atom is -0.473 e. The summed E-state index contributed by atoms with van der Waals surface area (Å²) in [5, 5.41) is 0. The Morgan fingerprint density at radius 3 is 1.67 bits per heavy atom. The molecule has 0 radical (unpaired) electrons. The smallest absolute Gasteiger partial charge is 0.0901 e. The largest absolute Gasteiger partial charge is 0.473 e. The fraction of sp³-hybridized carbons (Fsp3) is 0. The molecule has 0 N–H and O–H groups in total. The Morgan fingerprint density at radius 2 is 1.33 bits per heavy atom. The van der Waals surface area contributed by atoms with Crippen molar-refractivity contribution in [2.45, 2.75) is 0 Å². The molecule has 0 amide bonds. The van der Waals surface area contributed by atoms with E-state index in [1.54, 1.807) is 24.3 Å². The lowest BCUT2D eigenvalue weighted by molar-refractivity contribution is 0.403. The molecule has 0 aromatic heterocycles. The molecular weight excluding hydrogens is 112 g/mol. The molecule has 0 aliphatic heterocycles. The lowest BCUT2D eigenvalue weighted by atomic mass is 10.6. The molecule has 0 aromatic carbocycles. The van der Waals surface area contributed by atoms with Crippen LogP contribution in [0.1, 0.15) is 0 Å². The van der Waals surface area contributed by atoms with E-state index >= 15 is 0 Å². The summed E-state index contributed by atoms with van der Waals surface area (Å²) < 4.78 is 4.81. The number of rotatable bonds is 4. The maximum atomic E-state index is 4.81. The van der Waals surface area contributed by atoms with Gasteiger partial charge in [0.25, 0.3) is 0 Å². The Labute approximate surface area is 55.6 Å². The zero-order valence-corrected chi connectivity index (χ0v) is 5.29. The predicted molar refractivity (Wildman–Crippen MR) is 39.8 cm³/mol. The third-order valence-corrected chi connectivity index (χ3v) is 0.586. The van der Waals surface area contributed by atoms with Crippen molar-refractivity contribution in [3.63, 3.8) is 0 Å². The van der Waals surface area contributed by atoms with Gasteiger partial charge in [-0.1, -0.05) is 25.3 Å². The van der Waals surface area contributed by atoms with E-state index < -0.39 is 0 Å². The maximum absolute atomic E-state index is 4.81. The second-order valence-electron chi connectivity index (χ2n) is 1.26. The maximum Gasteiger partial charge on any atom is 0.0901 e. The third kappa shape index (κ3) is 6.76. The van der Waals surface area contributed by atoms with Crippen molar-refractivity contribution in [2.75, 3.05) is 0 Å². The van der Waals surface area contributed by atoms with Crippen LogP contribution in [0.2, 0.25) is 0 Å². The molecule has 0 aromatic rings. The highest BCUT2D eigenvalue weighted by atomic mass is 16.5. The van der Waals surface area contributed by atoms with Crippen molar-refractivity contribution >= 4 is 0 Å². The Balaban J connectivity index is 3.27. The minimum absolute atomic E-state index is 1.53. The second-order valence-corrected chi connectivity index (χ2v) is 1.26. The first-order valence-electron chi connectivity index (χ1n) is 2.62. The molecule has 0 saturated heterocycles. The lowest BCUT2D eigenvalue weighted by Crippen LogP contribution is -1.61. The third-order valence-electron chi connectivity index (χ3n) is 0.586. The van der Waals surface area contributed by atoms with Gasteiger partial charge in [-0.2, -0.15) is 0 Å². The second kappa shape index (κ2) is 6.76. The average molecular weight is 122 g/mol. The highest BCUT2D eigenvalue weighted by Gasteiger charge is 1.61. The van der Waals surface area contributed by atoms with Gasteiger partial charge < -0.3 is 4.74 Å². The fourth-order valence-corrected chi connectivity index (χ4v) is 0.247. The topological polar surface area (TPSA) is 9.23 Å². The SMILES string of the molecule is C=C/C=C/O/C=C/C=C. The lowest BCUT2D eigenvalue weighted by Gasteiger charge is -1.83. The Bertz CT molecular complexity index is 116. The van der Waals surface area contributed by atoms with Crippen LogP contribution < -0.4 is 0 Å². The quantitative estimate of drug-likeness (QED) is 0.411. The van der Waals surface area contributed by atoms with Gasteiger partial charge in [0.2, 0.25) is 0 Å². The van der Waals surface area contributed by atoms with E-state index in [9.17, 15) is 0 Å². The van der Waals surface area contributed by atoms with E-state index in [-0.39, 0.29) is 0 Å². The molecule has 0 saturated carbocycles. The molecule has 1 heteroatoms. The monoisotopic (exact) mass is 122 g/mol. The van der Waals surface area contributed by atoms with E-state index in [0.717, 1.165) is 0 Å². The van der Waals surface area contributed by atoms with Crippen LogP contribution in [0.15, 0.2) is 50.0 Å². The Hall–Kier alpha value is -1.24. The summed E-state index contributed by atoms with van der Waals surface area (Å²) in [7, 11) is 0. The van der Waals surface area contributed by atoms with Crippen LogP contribution in [-0.4, -0.2) is 0 Å². The van der Waals surface area contributed by atoms with Gasteiger partial charge in [-0.25, -0.2) is 0 Å². The molecular formula is C8H10O. The van der Waals surface area contributed by atoms with Crippen molar-refractivity contribution in [1.29, 1.82) is 0 Å². The van der Waals surface area contributed by atoms with E-state index in [1.807, 2.05) is 0 Å². The molecule has 9 heavy (non-hydrogen) atoms. The minimum atomic E-state index is 1.53. The zero-order valence-electron chi connectivity index (χ0n) is 5.29. The van der Waals surface area contributed by atoms with Gasteiger partial charge >= 0.3 is 0 Å². The van der Waals surface area contributed by atoms with Gasteiger partial charge in [0, 0.05) is 0 Å². The van der Waals surface area contributed by atoms with Gasteiger partial charge in [-0.15, -0.1) is 0 Å². The molecule has 48 valence electrons. The average Bonchev–Trinajstić information content (AvgIpc) is 1.89. The van der Waals surface area contributed by atoms with Crippen molar-refractivity contribution in [3.05, 3.63) is 50.0 Å². The number of hydrogen-bond acceptors (Lipinski definition) is 1. The highest BCUT2D eigenvalue weighted by Crippen LogP contribution is 1.80.